The molecular weight excluding hydrogens is 128 g/mol. The van der Waals surface area contributed by atoms with Crippen molar-refractivity contribution in [3.63, 3.8) is 0 Å². The molecule has 0 aromatic rings. The molecule has 0 spiro atoms. The van der Waals surface area contributed by atoms with Crippen LogP contribution >= 0.6 is 0 Å². The van der Waals surface area contributed by atoms with Gasteiger partial charge in [0.05, 0.1) is 0 Å². The van der Waals surface area contributed by atoms with Gasteiger partial charge in [-0.2, -0.15) is 0 Å². The van der Waals surface area contributed by atoms with E-state index in [-0.39, 0.29) is 5.92 Å². The summed E-state index contributed by atoms with van der Waals surface area (Å²) in [7, 11) is 2.02. The second-order valence-electron chi connectivity index (χ2n) is 2.91. The molecule has 1 heterocycles. The van der Waals surface area contributed by atoms with Crippen molar-refractivity contribution in [2.24, 2.45) is 11.7 Å². The summed E-state index contributed by atoms with van der Waals surface area (Å²) in [6.07, 6.45) is 0.679. The zero-order valence-electron chi connectivity index (χ0n) is 6.34. The summed E-state index contributed by atoms with van der Waals surface area (Å²) in [6, 6.07) is 0. The van der Waals surface area contributed by atoms with Gasteiger partial charge in [-0.1, -0.05) is 0 Å². The molecule has 0 bridgehead atoms. The van der Waals surface area contributed by atoms with Crippen molar-refractivity contribution < 1.29 is 4.79 Å². The monoisotopic (exact) mass is 142 g/mol. The van der Waals surface area contributed by atoms with Crippen LogP contribution in [0.15, 0.2) is 0 Å². The normalized spacial score (nSPS) is 29.0. The average molecular weight is 142 g/mol. The number of carbonyl (C=O) groups excluding carboxylic acids is 1. The standard InChI is InChI=1S/C7H14N2O/c1-9-3-2-7(10)6(4-8)5-9/h6H,2-5,8H2,1H3. The zero-order valence-corrected chi connectivity index (χ0v) is 6.34. The summed E-state index contributed by atoms with van der Waals surface area (Å²) in [6.45, 7) is 2.24. The average Bonchev–Trinajstić information content (AvgIpc) is 1.94. The maximum absolute atomic E-state index is 11.1. The number of rotatable bonds is 1. The van der Waals surface area contributed by atoms with Crippen LogP contribution in [0.1, 0.15) is 6.42 Å². The van der Waals surface area contributed by atoms with Crippen molar-refractivity contribution >= 4 is 5.78 Å². The number of hydrogen-bond donors (Lipinski definition) is 1. The molecule has 1 saturated heterocycles. The molecule has 1 atom stereocenters. The van der Waals surface area contributed by atoms with Gasteiger partial charge in [-0.3, -0.25) is 4.79 Å². The van der Waals surface area contributed by atoms with Gasteiger partial charge in [0.15, 0.2) is 0 Å². The molecule has 1 aliphatic heterocycles. The van der Waals surface area contributed by atoms with Gasteiger partial charge in [0, 0.05) is 32.0 Å². The summed E-state index contributed by atoms with van der Waals surface area (Å²) < 4.78 is 0. The van der Waals surface area contributed by atoms with Crippen molar-refractivity contribution in [3.8, 4) is 0 Å². The lowest BCUT2D eigenvalue weighted by atomic mass is 9.97. The second kappa shape index (κ2) is 3.12. The van der Waals surface area contributed by atoms with E-state index in [9.17, 15) is 4.79 Å². The molecular formula is C7H14N2O. The third-order valence-corrected chi connectivity index (χ3v) is 2.01. The van der Waals surface area contributed by atoms with Crippen LogP contribution in [0, 0.1) is 5.92 Å². The number of likely N-dealkylation sites (tertiary alicyclic amines) is 1. The molecule has 0 aliphatic carbocycles. The Morgan fingerprint density at radius 3 is 3.00 bits per heavy atom. The number of nitrogens with zero attached hydrogens (tertiary/aromatic N) is 1. The van der Waals surface area contributed by atoms with Crippen LogP contribution < -0.4 is 5.73 Å². The molecule has 0 saturated carbocycles. The number of carbonyl (C=O) groups is 1. The van der Waals surface area contributed by atoms with Gasteiger partial charge in [-0.25, -0.2) is 0 Å². The number of piperidine rings is 1. The van der Waals surface area contributed by atoms with E-state index >= 15 is 0 Å². The predicted octanol–water partition coefficient (Wildman–Crippen LogP) is -0.534. The quantitative estimate of drug-likeness (QED) is 0.535. The highest BCUT2D eigenvalue weighted by Crippen LogP contribution is 2.09. The Balaban J connectivity index is 2.45. The molecule has 1 unspecified atom stereocenters. The molecule has 0 radical (unpaired) electrons. The maximum atomic E-state index is 11.1. The van der Waals surface area contributed by atoms with E-state index in [1.807, 2.05) is 7.05 Å². The minimum Gasteiger partial charge on any atom is -0.330 e. The molecule has 1 aliphatic rings. The first-order valence-electron chi connectivity index (χ1n) is 3.65. The van der Waals surface area contributed by atoms with E-state index in [0.717, 1.165) is 13.1 Å². The molecule has 3 heteroatoms. The van der Waals surface area contributed by atoms with Crippen molar-refractivity contribution in [1.82, 2.24) is 4.90 Å². The number of hydrogen-bond acceptors (Lipinski definition) is 3. The molecule has 0 amide bonds. The van der Waals surface area contributed by atoms with Crippen molar-refractivity contribution in [2.45, 2.75) is 6.42 Å². The Morgan fingerprint density at radius 1 is 1.80 bits per heavy atom. The molecule has 0 aromatic heterocycles. The molecule has 1 fully saturated rings. The summed E-state index contributed by atoms with van der Waals surface area (Å²) in [5.41, 5.74) is 5.41. The van der Waals surface area contributed by atoms with E-state index < -0.39 is 0 Å². The van der Waals surface area contributed by atoms with Gasteiger partial charge in [0.2, 0.25) is 0 Å². The van der Waals surface area contributed by atoms with Crippen molar-refractivity contribution in [2.75, 3.05) is 26.7 Å². The van der Waals surface area contributed by atoms with E-state index in [4.69, 9.17) is 5.73 Å². The highest BCUT2D eigenvalue weighted by atomic mass is 16.1. The Morgan fingerprint density at radius 2 is 2.50 bits per heavy atom. The minimum absolute atomic E-state index is 0.0961. The fraction of sp³-hybridized carbons (Fsp3) is 0.857. The molecule has 2 N–H and O–H groups in total. The van der Waals surface area contributed by atoms with Crippen LogP contribution in [0.2, 0.25) is 0 Å². The zero-order chi connectivity index (χ0) is 7.56. The Bertz CT molecular complexity index is 136. The van der Waals surface area contributed by atoms with Gasteiger partial charge < -0.3 is 10.6 Å². The summed E-state index contributed by atoms with van der Waals surface area (Å²) >= 11 is 0. The SMILES string of the molecule is CN1CCC(=O)C(CN)C1. The summed E-state index contributed by atoms with van der Waals surface area (Å²) in [5, 5.41) is 0. The summed E-state index contributed by atoms with van der Waals surface area (Å²) in [5.74, 6) is 0.430. The highest BCUT2D eigenvalue weighted by molar-refractivity contribution is 5.82. The van der Waals surface area contributed by atoms with Gasteiger partial charge >= 0.3 is 0 Å². The van der Waals surface area contributed by atoms with Gasteiger partial charge in [0.1, 0.15) is 5.78 Å². The van der Waals surface area contributed by atoms with Crippen molar-refractivity contribution in [3.05, 3.63) is 0 Å². The fourth-order valence-electron chi connectivity index (χ4n) is 1.28. The Hall–Kier alpha value is -0.410. The Labute approximate surface area is 61.2 Å². The topological polar surface area (TPSA) is 46.3 Å². The van der Waals surface area contributed by atoms with Crippen LogP contribution in [0.4, 0.5) is 0 Å². The fourth-order valence-corrected chi connectivity index (χ4v) is 1.28. The molecule has 0 aromatic carbocycles. The van der Waals surface area contributed by atoms with Crippen LogP contribution in [0.25, 0.3) is 0 Å². The van der Waals surface area contributed by atoms with Gasteiger partial charge in [-0.05, 0) is 7.05 Å². The minimum atomic E-state index is 0.0961. The lowest BCUT2D eigenvalue weighted by Gasteiger charge is -2.27. The van der Waals surface area contributed by atoms with E-state index in [0.29, 0.717) is 18.7 Å². The number of Topliss-reactive ketones (excluding diaryl/α,β-unsaturated/α-hetero) is 1. The van der Waals surface area contributed by atoms with Crippen LogP contribution in [-0.4, -0.2) is 37.4 Å². The van der Waals surface area contributed by atoms with Gasteiger partial charge in [0.25, 0.3) is 0 Å². The van der Waals surface area contributed by atoms with Crippen LogP contribution in [0.5, 0.6) is 0 Å². The molecule has 1 rings (SSSR count). The second-order valence-corrected chi connectivity index (χ2v) is 2.91. The Kier molecular flexibility index (Phi) is 2.40. The van der Waals surface area contributed by atoms with E-state index in [1.165, 1.54) is 0 Å². The summed E-state index contributed by atoms with van der Waals surface area (Å²) in [4.78, 5) is 13.2. The number of ketones is 1. The number of nitrogens with two attached hydrogens (primary N) is 1. The first kappa shape index (κ1) is 7.69. The van der Waals surface area contributed by atoms with Crippen LogP contribution in [-0.2, 0) is 4.79 Å². The van der Waals surface area contributed by atoms with Crippen molar-refractivity contribution in [1.29, 1.82) is 0 Å². The predicted molar refractivity (Wildman–Crippen MR) is 39.7 cm³/mol. The van der Waals surface area contributed by atoms with E-state index in [2.05, 4.69) is 4.90 Å². The maximum Gasteiger partial charge on any atom is 0.139 e. The third kappa shape index (κ3) is 1.55. The molecule has 10 heavy (non-hydrogen) atoms. The van der Waals surface area contributed by atoms with Gasteiger partial charge in [-0.15, -0.1) is 0 Å². The first-order chi connectivity index (χ1) is 4.74. The molecule has 58 valence electrons. The first-order valence-corrected chi connectivity index (χ1v) is 3.65. The third-order valence-electron chi connectivity index (χ3n) is 2.01. The highest BCUT2D eigenvalue weighted by Gasteiger charge is 2.23. The van der Waals surface area contributed by atoms with Crippen LogP contribution in [0.3, 0.4) is 0 Å². The largest absolute Gasteiger partial charge is 0.330 e. The lowest BCUT2D eigenvalue weighted by molar-refractivity contribution is -0.125. The molecule has 3 nitrogen and oxygen atoms in total. The lowest BCUT2D eigenvalue weighted by Crippen LogP contribution is -2.41. The van der Waals surface area contributed by atoms with E-state index in [1.54, 1.807) is 0 Å². The smallest absolute Gasteiger partial charge is 0.139 e.